The number of nitrogens with one attached hydrogen (secondary N) is 1. The summed E-state index contributed by atoms with van der Waals surface area (Å²) >= 11 is 0. The average Bonchev–Trinajstić information content (AvgIpc) is 3.65. The highest BCUT2D eigenvalue weighted by Gasteiger charge is 2.26. The molecule has 0 unspecified atom stereocenters. The Morgan fingerprint density at radius 2 is 1.82 bits per heavy atom. The van der Waals surface area contributed by atoms with Gasteiger partial charge in [0.1, 0.15) is 0 Å². The SMILES string of the molecule is NC1CCC(Nc2c(C(=O)CCc3ccc(-n4ccnc4)cc3)cnc3c2C=C(c2ccccc2)C3)CC1. The van der Waals surface area contributed by atoms with E-state index >= 15 is 0 Å². The number of carbonyl (C=O) groups excluding carboxylic acids is 1. The third kappa shape index (κ3) is 5.18. The number of nitrogens with zero attached hydrogens (tertiary/aromatic N) is 3. The van der Waals surface area contributed by atoms with Crippen LogP contribution in [0.1, 0.15) is 64.8 Å². The van der Waals surface area contributed by atoms with E-state index in [-0.39, 0.29) is 11.8 Å². The first-order valence-corrected chi connectivity index (χ1v) is 13.5. The summed E-state index contributed by atoms with van der Waals surface area (Å²) in [6.45, 7) is 0. The van der Waals surface area contributed by atoms with Crippen molar-refractivity contribution in [2.24, 2.45) is 5.73 Å². The molecule has 2 heterocycles. The number of carbonyl (C=O) groups is 1. The van der Waals surface area contributed by atoms with Gasteiger partial charge in [0, 0.05) is 54.8 Å². The normalized spacial score (nSPS) is 18.6. The van der Waals surface area contributed by atoms with Gasteiger partial charge in [-0.3, -0.25) is 9.78 Å². The standard InChI is InChI=1S/C32H33N5O/c33-25-9-11-26(12-10-25)36-32-28-18-24(23-4-2-1-3-5-23)19-30(28)35-20-29(32)31(38)15-8-22-6-13-27(14-7-22)37-17-16-34-21-37/h1-7,13-14,16-18,20-21,25-26H,8-12,15,19,33H2,(H,35,36). The van der Waals surface area contributed by atoms with Crippen LogP contribution in [0.25, 0.3) is 17.3 Å². The molecule has 3 N–H and O–H groups in total. The van der Waals surface area contributed by atoms with Crippen LogP contribution < -0.4 is 11.1 Å². The Labute approximate surface area is 223 Å². The fraction of sp³-hybridized carbons (Fsp3) is 0.281. The first kappa shape index (κ1) is 24.3. The molecule has 6 rings (SSSR count). The smallest absolute Gasteiger partial charge is 0.166 e. The molecule has 0 bridgehead atoms. The Hall–Kier alpha value is -4.03. The number of rotatable bonds is 8. The van der Waals surface area contributed by atoms with Crippen molar-refractivity contribution >= 4 is 23.1 Å². The van der Waals surface area contributed by atoms with E-state index in [2.05, 4.69) is 64.9 Å². The number of hydrogen-bond donors (Lipinski definition) is 2. The number of pyridine rings is 1. The van der Waals surface area contributed by atoms with Crippen LogP contribution >= 0.6 is 0 Å². The molecule has 0 saturated heterocycles. The van der Waals surface area contributed by atoms with Crippen molar-refractivity contribution in [3.63, 3.8) is 0 Å². The van der Waals surface area contributed by atoms with E-state index in [4.69, 9.17) is 10.7 Å². The number of nitrogens with two attached hydrogens (primary N) is 1. The maximum Gasteiger partial charge on any atom is 0.166 e. The van der Waals surface area contributed by atoms with Crippen LogP contribution in [-0.2, 0) is 12.8 Å². The monoisotopic (exact) mass is 503 g/mol. The van der Waals surface area contributed by atoms with Gasteiger partial charge in [-0.1, -0.05) is 42.5 Å². The maximum absolute atomic E-state index is 13.6. The van der Waals surface area contributed by atoms with E-state index in [1.54, 1.807) is 18.7 Å². The molecular weight excluding hydrogens is 470 g/mol. The van der Waals surface area contributed by atoms with Crippen LogP contribution in [0.3, 0.4) is 0 Å². The molecule has 192 valence electrons. The third-order valence-corrected chi connectivity index (χ3v) is 7.82. The minimum absolute atomic E-state index is 0.121. The summed E-state index contributed by atoms with van der Waals surface area (Å²) in [5.41, 5.74) is 14.5. The maximum atomic E-state index is 13.6. The topological polar surface area (TPSA) is 85.8 Å². The van der Waals surface area contributed by atoms with Crippen molar-refractivity contribution in [1.29, 1.82) is 0 Å². The summed E-state index contributed by atoms with van der Waals surface area (Å²) in [6, 6.07) is 19.3. The summed E-state index contributed by atoms with van der Waals surface area (Å²) in [7, 11) is 0. The molecule has 0 radical (unpaired) electrons. The molecule has 0 aliphatic heterocycles. The van der Waals surface area contributed by atoms with E-state index in [1.807, 2.05) is 16.8 Å². The molecule has 2 aromatic heterocycles. The van der Waals surface area contributed by atoms with Gasteiger partial charge in [0.25, 0.3) is 0 Å². The molecule has 6 heteroatoms. The summed E-state index contributed by atoms with van der Waals surface area (Å²) in [5.74, 6) is 0.121. The predicted octanol–water partition coefficient (Wildman–Crippen LogP) is 5.86. The lowest BCUT2D eigenvalue weighted by Crippen LogP contribution is -2.33. The van der Waals surface area contributed by atoms with Crippen molar-refractivity contribution in [2.75, 3.05) is 5.32 Å². The number of allylic oxidation sites excluding steroid dienone is 1. The van der Waals surface area contributed by atoms with Crippen LogP contribution in [0.15, 0.2) is 79.5 Å². The molecular formula is C32H33N5O. The first-order chi connectivity index (χ1) is 18.6. The summed E-state index contributed by atoms with van der Waals surface area (Å²) in [5, 5.41) is 3.77. The fourth-order valence-corrected chi connectivity index (χ4v) is 5.58. The summed E-state index contributed by atoms with van der Waals surface area (Å²) in [4.78, 5) is 22.5. The molecule has 0 amide bonds. The number of aryl methyl sites for hydroxylation is 1. The van der Waals surface area contributed by atoms with E-state index in [0.717, 1.165) is 60.3 Å². The van der Waals surface area contributed by atoms with Crippen LogP contribution in [0.5, 0.6) is 0 Å². The lowest BCUT2D eigenvalue weighted by atomic mass is 9.91. The van der Waals surface area contributed by atoms with Crippen molar-refractivity contribution in [3.8, 4) is 5.69 Å². The molecule has 2 aliphatic carbocycles. The lowest BCUT2D eigenvalue weighted by molar-refractivity contribution is 0.0983. The molecule has 4 aromatic rings. The van der Waals surface area contributed by atoms with Gasteiger partial charge < -0.3 is 15.6 Å². The largest absolute Gasteiger partial charge is 0.381 e. The van der Waals surface area contributed by atoms with E-state index < -0.39 is 0 Å². The first-order valence-electron chi connectivity index (χ1n) is 13.5. The van der Waals surface area contributed by atoms with Crippen LogP contribution in [0.2, 0.25) is 0 Å². The number of anilines is 1. The molecule has 1 fully saturated rings. The highest BCUT2D eigenvalue weighted by Crippen LogP contribution is 2.38. The van der Waals surface area contributed by atoms with Gasteiger partial charge in [-0.2, -0.15) is 0 Å². The third-order valence-electron chi connectivity index (χ3n) is 7.82. The predicted molar refractivity (Wildman–Crippen MR) is 152 cm³/mol. The number of aromatic nitrogens is 3. The Bertz CT molecular complexity index is 1430. The highest BCUT2D eigenvalue weighted by molar-refractivity contribution is 6.05. The molecule has 6 nitrogen and oxygen atoms in total. The second-order valence-corrected chi connectivity index (χ2v) is 10.4. The van der Waals surface area contributed by atoms with Crippen molar-refractivity contribution in [1.82, 2.24) is 14.5 Å². The van der Waals surface area contributed by atoms with Crippen molar-refractivity contribution < 1.29 is 4.79 Å². The second-order valence-electron chi connectivity index (χ2n) is 10.4. The van der Waals surface area contributed by atoms with E-state index in [0.29, 0.717) is 24.4 Å². The van der Waals surface area contributed by atoms with Gasteiger partial charge >= 0.3 is 0 Å². The molecule has 1 saturated carbocycles. The van der Waals surface area contributed by atoms with Gasteiger partial charge in [-0.25, -0.2) is 4.98 Å². The molecule has 2 aliphatic rings. The van der Waals surface area contributed by atoms with Crippen molar-refractivity contribution in [3.05, 3.63) is 107 Å². The average molecular weight is 504 g/mol. The number of Topliss-reactive ketones (excluding diaryl/α,β-unsaturated/α-hetero) is 1. The number of fused-ring (bicyclic) bond motifs is 1. The Kier molecular flexibility index (Phi) is 6.88. The van der Waals surface area contributed by atoms with E-state index in [1.165, 1.54) is 11.1 Å². The molecule has 0 atom stereocenters. The quantitative estimate of drug-likeness (QED) is 0.294. The Balaban J connectivity index is 1.25. The zero-order chi connectivity index (χ0) is 25.9. The fourth-order valence-electron chi connectivity index (χ4n) is 5.58. The Morgan fingerprint density at radius 1 is 1.03 bits per heavy atom. The highest BCUT2D eigenvalue weighted by atomic mass is 16.1. The van der Waals surface area contributed by atoms with Crippen LogP contribution in [0.4, 0.5) is 5.69 Å². The number of ketones is 1. The number of hydrogen-bond acceptors (Lipinski definition) is 5. The van der Waals surface area contributed by atoms with Gasteiger partial charge in [0.15, 0.2) is 5.78 Å². The molecule has 0 spiro atoms. The summed E-state index contributed by atoms with van der Waals surface area (Å²) in [6.07, 6.45) is 15.4. The summed E-state index contributed by atoms with van der Waals surface area (Å²) < 4.78 is 1.97. The number of benzene rings is 2. The van der Waals surface area contributed by atoms with Crippen molar-refractivity contribution in [2.45, 2.75) is 57.0 Å². The minimum atomic E-state index is 0.121. The minimum Gasteiger partial charge on any atom is -0.381 e. The zero-order valence-electron chi connectivity index (χ0n) is 21.5. The van der Waals surface area contributed by atoms with Gasteiger partial charge in [0.05, 0.1) is 23.3 Å². The van der Waals surface area contributed by atoms with Gasteiger partial charge in [-0.05, 0) is 67.0 Å². The van der Waals surface area contributed by atoms with E-state index in [9.17, 15) is 4.79 Å². The lowest BCUT2D eigenvalue weighted by Gasteiger charge is -2.29. The molecule has 38 heavy (non-hydrogen) atoms. The van der Waals surface area contributed by atoms with Crippen LogP contribution in [-0.4, -0.2) is 32.4 Å². The second kappa shape index (κ2) is 10.8. The number of imidazole rings is 1. The zero-order valence-corrected chi connectivity index (χ0v) is 21.5. The Morgan fingerprint density at radius 3 is 2.55 bits per heavy atom. The molecule has 2 aromatic carbocycles. The van der Waals surface area contributed by atoms with Crippen LogP contribution in [0, 0.1) is 0 Å². The van der Waals surface area contributed by atoms with Gasteiger partial charge in [0.2, 0.25) is 0 Å². The van der Waals surface area contributed by atoms with Gasteiger partial charge in [-0.15, -0.1) is 0 Å².